The van der Waals surface area contributed by atoms with Crippen molar-refractivity contribution in [2.45, 2.75) is 25.8 Å². The fourth-order valence-corrected chi connectivity index (χ4v) is 2.26. The molecule has 0 aliphatic carbocycles. The molecule has 1 aromatic heterocycles. The quantitative estimate of drug-likeness (QED) is 0.844. The summed E-state index contributed by atoms with van der Waals surface area (Å²) in [7, 11) is 0. The zero-order chi connectivity index (χ0) is 13.0. The smallest absolute Gasteiger partial charge is 0.217 e. The molecule has 1 aliphatic heterocycles. The number of hydrogen-bond donors (Lipinski definition) is 1. The van der Waals surface area contributed by atoms with Gasteiger partial charge in [0, 0.05) is 32.3 Å². The van der Waals surface area contributed by atoms with Gasteiger partial charge in [0.1, 0.15) is 11.9 Å². The van der Waals surface area contributed by atoms with Gasteiger partial charge >= 0.3 is 0 Å². The van der Waals surface area contributed by atoms with Crippen molar-refractivity contribution < 1.29 is 4.79 Å². The number of carbonyl (C=O) groups is 1. The van der Waals surface area contributed by atoms with Crippen molar-refractivity contribution in [1.82, 2.24) is 10.3 Å². The minimum atomic E-state index is 0.0176. The highest BCUT2D eigenvalue weighted by molar-refractivity contribution is 5.73. The maximum Gasteiger partial charge on any atom is 0.217 e. The molecule has 5 heteroatoms. The summed E-state index contributed by atoms with van der Waals surface area (Å²) >= 11 is 0. The number of nitrogens with one attached hydrogen (secondary N) is 1. The molecule has 2 rings (SSSR count). The summed E-state index contributed by atoms with van der Waals surface area (Å²) in [6, 6.07) is 5.96. The van der Waals surface area contributed by atoms with Crippen LogP contribution in [0.3, 0.4) is 0 Å². The fourth-order valence-electron chi connectivity index (χ4n) is 2.26. The molecule has 0 spiro atoms. The van der Waals surface area contributed by atoms with E-state index >= 15 is 0 Å². The number of amides is 1. The number of anilines is 1. The molecule has 0 aromatic carbocycles. The molecule has 1 saturated heterocycles. The normalized spacial score (nSPS) is 16.1. The lowest BCUT2D eigenvalue weighted by atomic mass is 10.0. The van der Waals surface area contributed by atoms with E-state index in [-0.39, 0.29) is 11.9 Å². The lowest BCUT2D eigenvalue weighted by Crippen LogP contribution is -2.44. The van der Waals surface area contributed by atoms with Gasteiger partial charge in [-0.25, -0.2) is 4.98 Å². The first kappa shape index (κ1) is 12.4. The maximum atomic E-state index is 11.0. The molecule has 0 bridgehead atoms. The summed E-state index contributed by atoms with van der Waals surface area (Å²) in [5.41, 5.74) is 0.607. The summed E-state index contributed by atoms with van der Waals surface area (Å²) < 4.78 is 0. The van der Waals surface area contributed by atoms with E-state index in [0.717, 1.165) is 31.7 Å². The zero-order valence-corrected chi connectivity index (χ0v) is 10.4. The average Bonchev–Trinajstić information content (AvgIpc) is 2.39. The Morgan fingerprint density at radius 3 is 2.89 bits per heavy atom. The van der Waals surface area contributed by atoms with Gasteiger partial charge < -0.3 is 10.2 Å². The van der Waals surface area contributed by atoms with Crippen LogP contribution in [0.15, 0.2) is 18.3 Å². The van der Waals surface area contributed by atoms with Crippen molar-refractivity contribution in [3.05, 3.63) is 23.9 Å². The van der Waals surface area contributed by atoms with Crippen molar-refractivity contribution in [2.75, 3.05) is 18.0 Å². The molecule has 18 heavy (non-hydrogen) atoms. The molecular formula is C13H16N4O. The van der Waals surface area contributed by atoms with Gasteiger partial charge in [-0.3, -0.25) is 4.79 Å². The van der Waals surface area contributed by atoms with Gasteiger partial charge in [0.2, 0.25) is 5.91 Å². The van der Waals surface area contributed by atoms with E-state index in [1.165, 1.54) is 0 Å². The van der Waals surface area contributed by atoms with E-state index in [1.54, 1.807) is 25.3 Å². The van der Waals surface area contributed by atoms with E-state index in [4.69, 9.17) is 5.26 Å². The first-order valence-electron chi connectivity index (χ1n) is 6.08. The Morgan fingerprint density at radius 1 is 1.56 bits per heavy atom. The molecule has 1 amide bonds. The van der Waals surface area contributed by atoms with Gasteiger partial charge in [-0.2, -0.15) is 5.26 Å². The predicted octanol–water partition coefficient (Wildman–Crippen LogP) is 1.06. The number of nitriles is 1. The Kier molecular flexibility index (Phi) is 3.78. The molecule has 0 radical (unpaired) electrons. The van der Waals surface area contributed by atoms with Crippen molar-refractivity contribution in [2.24, 2.45) is 0 Å². The van der Waals surface area contributed by atoms with E-state index in [9.17, 15) is 4.79 Å². The minimum absolute atomic E-state index is 0.0176. The Labute approximate surface area is 106 Å². The molecule has 1 fully saturated rings. The Bertz CT molecular complexity index is 472. The largest absolute Gasteiger partial charge is 0.355 e. The number of aromatic nitrogens is 1. The van der Waals surface area contributed by atoms with Crippen LogP contribution in [-0.2, 0) is 4.79 Å². The highest BCUT2D eigenvalue weighted by atomic mass is 16.1. The van der Waals surface area contributed by atoms with Crippen LogP contribution in [0.4, 0.5) is 5.82 Å². The standard InChI is InChI=1S/C13H16N4O/c1-10(18)16-12-4-7-17(8-5-12)13-11(9-14)3-2-6-15-13/h2-3,6,12H,4-5,7-8H2,1H3,(H,16,18). The topological polar surface area (TPSA) is 69.0 Å². The van der Waals surface area contributed by atoms with Gasteiger partial charge in [-0.15, -0.1) is 0 Å². The van der Waals surface area contributed by atoms with Crippen molar-refractivity contribution in [3.63, 3.8) is 0 Å². The summed E-state index contributed by atoms with van der Waals surface area (Å²) in [6.07, 6.45) is 3.48. The summed E-state index contributed by atoms with van der Waals surface area (Å²) in [5, 5.41) is 12.0. The van der Waals surface area contributed by atoms with Crippen LogP contribution in [0.5, 0.6) is 0 Å². The first-order valence-corrected chi connectivity index (χ1v) is 6.08. The number of hydrogen-bond acceptors (Lipinski definition) is 4. The number of rotatable bonds is 2. The molecule has 1 aromatic rings. The third-order valence-electron chi connectivity index (χ3n) is 3.11. The Hall–Kier alpha value is -2.09. The highest BCUT2D eigenvalue weighted by Gasteiger charge is 2.22. The summed E-state index contributed by atoms with van der Waals surface area (Å²) in [5.74, 6) is 0.769. The molecule has 0 atom stereocenters. The third-order valence-corrected chi connectivity index (χ3v) is 3.11. The van der Waals surface area contributed by atoms with Crippen LogP contribution in [-0.4, -0.2) is 30.0 Å². The van der Waals surface area contributed by atoms with Crippen molar-refractivity contribution >= 4 is 11.7 Å². The van der Waals surface area contributed by atoms with E-state index in [0.29, 0.717) is 5.56 Å². The molecule has 0 unspecified atom stereocenters. The number of carbonyl (C=O) groups excluding carboxylic acids is 1. The van der Waals surface area contributed by atoms with E-state index in [2.05, 4.69) is 21.3 Å². The second kappa shape index (κ2) is 5.50. The summed E-state index contributed by atoms with van der Waals surface area (Å²) in [4.78, 5) is 17.4. The maximum absolute atomic E-state index is 11.0. The van der Waals surface area contributed by atoms with Crippen molar-refractivity contribution in [3.8, 4) is 6.07 Å². The monoisotopic (exact) mass is 244 g/mol. The molecule has 0 saturated carbocycles. The van der Waals surface area contributed by atoms with Gasteiger partial charge in [0.25, 0.3) is 0 Å². The lowest BCUT2D eigenvalue weighted by Gasteiger charge is -2.33. The Morgan fingerprint density at radius 2 is 2.28 bits per heavy atom. The SMILES string of the molecule is CC(=O)NC1CCN(c2ncccc2C#N)CC1. The second-order valence-electron chi connectivity index (χ2n) is 4.45. The number of piperidine rings is 1. The predicted molar refractivity (Wildman–Crippen MR) is 68.0 cm³/mol. The van der Waals surface area contributed by atoms with Crippen LogP contribution < -0.4 is 10.2 Å². The molecule has 1 aliphatic rings. The highest BCUT2D eigenvalue weighted by Crippen LogP contribution is 2.21. The van der Waals surface area contributed by atoms with E-state index in [1.807, 2.05) is 0 Å². The van der Waals surface area contributed by atoms with E-state index < -0.39 is 0 Å². The van der Waals surface area contributed by atoms with Gasteiger partial charge in [-0.1, -0.05) is 0 Å². The van der Waals surface area contributed by atoms with Crippen LogP contribution in [0.25, 0.3) is 0 Å². The fraction of sp³-hybridized carbons (Fsp3) is 0.462. The van der Waals surface area contributed by atoms with Gasteiger partial charge in [0.15, 0.2) is 0 Å². The average molecular weight is 244 g/mol. The first-order chi connectivity index (χ1) is 8.70. The minimum Gasteiger partial charge on any atom is -0.355 e. The molecule has 94 valence electrons. The summed E-state index contributed by atoms with van der Waals surface area (Å²) in [6.45, 7) is 3.17. The number of nitrogens with zero attached hydrogens (tertiary/aromatic N) is 3. The van der Waals surface area contributed by atoms with Crippen LogP contribution in [0.1, 0.15) is 25.3 Å². The lowest BCUT2D eigenvalue weighted by molar-refractivity contribution is -0.119. The number of pyridine rings is 1. The molecule has 1 N–H and O–H groups in total. The molecule has 2 heterocycles. The zero-order valence-electron chi connectivity index (χ0n) is 10.4. The van der Waals surface area contributed by atoms with Gasteiger partial charge in [-0.05, 0) is 25.0 Å². The van der Waals surface area contributed by atoms with Crippen LogP contribution in [0.2, 0.25) is 0 Å². The second-order valence-corrected chi connectivity index (χ2v) is 4.45. The third kappa shape index (κ3) is 2.77. The Balaban J connectivity index is 2.01. The van der Waals surface area contributed by atoms with Crippen LogP contribution in [0, 0.1) is 11.3 Å². The van der Waals surface area contributed by atoms with Crippen molar-refractivity contribution in [1.29, 1.82) is 5.26 Å². The molecular weight excluding hydrogens is 228 g/mol. The van der Waals surface area contributed by atoms with Gasteiger partial charge in [0.05, 0.1) is 5.56 Å². The molecule has 5 nitrogen and oxygen atoms in total. The van der Waals surface area contributed by atoms with Crippen LogP contribution >= 0.6 is 0 Å².